The van der Waals surface area contributed by atoms with E-state index in [2.05, 4.69) is 5.32 Å². The molecule has 1 aromatic heterocycles. The molecule has 3 aromatic rings. The van der Waals surface area contributed by atoms with Gasteiger partial charge in [0.1, 0.15) is 11.3 Å². The Morgan fingerprint density at radius 3 is 2.60 bits per heavy atom. The fourth-order valence-electron chi connectivity index (χ4n) is 2.20. The van der Waals surface area contributed by atoms with E-state index >= 15 is 0 Å². The summed E-state index contributed by atoms with van der Waals surface area (Å²) in [5.74, 6) is -0.172. The molecule has 0 radical (unpaired) electrons. The Bertz CT molecular complexity index is 895. The molecule has 2 N–H and O–H groups in total. The Labute approximate surface area is 113 Å². The molecule has 1 amide bonds. The van der Waals surface area contributed by atoms with Crippen LogP contribution in [0.2, 0.25) is 0 Å². The Hall–Kier alpha value is -2.82. The number of carbonyl (C=O) groups excluding carboxylic acids is 1. The Balaban J connectivity index is 2.34. The quantitative estimate of drug-likeness (QED) is 0.525. The number of rotatable bonds is 1. The van der Waals surface area contributed by atoms with Gasteiger partial charge in [-0.15, -0.1) is 0 Å². The van der Waals surface area contributed by atoms with E-state index in [1.54, 1.807) is 24.3 Å². The van der Waals surface area contributed by atoms with Crippen molar-refractivity contribution in [2.24, 2.45) is 0 Å². The molecule has 100 valence electrons. The highest BCUT2D eigenvalue weighted by Crippen LogP contribution is 2.27. The number of anilines is 1. The minimum atomic E-state index is -0.509. The van der Waals surface area contributed by atoms with E-state index in [0.29, 0.717) is 22.0 Å². The monoisotopic (exact) mass is 269 g/mol. The molecule has 0 saturated carbocycles. The number of benzene rings is 2. The third kappa shape index (κ3) is 1.99. The number of phenolic OH excluding ortho intramolecular Hbond substituents is 1. The molecular formula is C15H11NO4. The minimum Gasteiger partial charge on any atom is -0.508 e. The van der Waals surface area contributed by atoms with Crippen LogP contribution in [0.4, 0.5) is 5.69 Å². The van der Waals surface area contributed by atoms with Gasteiger partial charge < -0.3 is 14.8 Å². The fraction of sp³-hybridized carbons (Fsp3) is 0.0667. The summed E-state index contributed by atoms with van der Waals surface area (Å²) in [6.45, 7) is 1.40. The van der Waals surface area contributed by atoms with Crippen LogP contribution in [-0.2, 0) is 4.79 Å². The predicted octanol–water partition coefficient (Wildman–Crippen LogP) is 2.61. The second-order valence-electron chi connectivity index (χ2n) is 4.51. The van der Waals surface area contributed by atoms with Gasteiger partial charge in [-0.05, 0) is 24.3 Å². The van der Waals surface area contributed by atoms with Gasteiger partial charge in [-0.25, -0.2) is 4.79 Å². The Kier molecular flexibility index (Phi) is 2.68. The highest BCUT2D eigenvalue weighted by molar-refractivity contribution is 6.06. The SMILES string of the molecule is CC(=O)Nc1ccc2c(c1)c(=O)oc1cc(O)ccc12. The highest BCUT2D eigenvalue weighted by Gasteiger charge is 2.09. The van der Waals surface area contributed by atoms with E-state index < -0.39 is 5.63 Å². The van der Waals surface area contributed by atoms with Crippen LogP contribution in [0.15, 0.2) is 45.6 Å². The number of hydrogen-bond acceptors (Lipinski definition) is 4. The lowest BCUT2D eigenvalue weighted by Gasteiger charge is -2.06. The fourth-order valence-corrected chi connectivity index (χ4v) is 2.20. The van der Waals surface area contributed by atoms with E-state index in [1.165, 1.54) is 19.1 Å². The summed E-state index contributed by atoms with van der Waals surface area (Å²) < 4.78 is 5.19. The molecule has 5 nitrogen and oxygen atoms in total. The molecule has 3 rings (SSSR count). The number of amides is 1. The first-order valence-corrected chi connectivity index (χ1v) is 6.02. The van der Waals surface area contributed by atoms with Crippen molar-refractivity contribution in [3.63, 3.8) is 0 Å². The van der Waals surface area contributed by atoms with Crippen LogP contribution in [-0.4, -0.2) is 11.0 Å². The lowest BCUT2D eigenvalue weighted by Crippen LogP contribution is -2.07. The van der Waals surface area contributed by atoms with Crippen LogP contribution in [0.3, 0.4) is 0 Å². The second-order valence-corrected chi connectivity index (χ2v) is 4.51. The van der Waals surface area contributed by atoms with E-state index in [-0.39, 0.29) is 11.7 Å². The van der Waals surface area contributed by atoms with Crippen molar-refractivity contribution in [2.75, 3.05) is 5.32 Å². The first kappa shape index (κ1) is 12.2. The molecule has 0 spiro atoms. The van der Waals surface area contributed by atoms with Crippen LogP contribution in [0.1, 0.15) is 6.92 Å². The van der Waals surface area contributed by atoms with Gasteiger partial charge in [-0.1, -0.05) is 6.07 Å². The molecule has 0 unspecified atom stereocenters. The maximum absolute atomic E-state index is 12.0. The average molecular weight is 269 g/mol. The summed E-state index contributed by atoms with van der Waals surface area (Å²) in [5, 5.41) is 13.9. The van der Waals surface area contributed by atoms with Crippen LogP contribution >= 0.6 is 0 Å². The summed E-state index contributed by atoms with van der Waals surface area (Å²) in [6.07, 6.45) is 0. The number of fused-ring (bicyclic) bond motifs is 3. The largest absolute Gasteiger partial charge is 0.508 e. The number of carbonyl (C=O) groups is 1. The van der Waals surface area contributed by atoms with Crippen LogP contribution in [0, 0.1) is 0 Å². The lowest BCUT2D eigenvalue weighted by atomic mass is 10.1. The van der Waals surface area contributed by atoms with E-state index in [9.17, 15) is 14.7 Å². The van der Waals surface area contributed by atoms with Crippen LogP contribution in [0.25, 0.3) is 21.7 Å². The highest BCUT2D eigenvalue weighted by atomic mass is 16.4. The Morgan fingerprint density at radius 1 is 1.10 bits per heavy atom. The predicted molar refractivity (Wildman–Crippen MR) is 76.0 cm³/mol. The van der Waals surface area contributed by atoms with E-state index in [4.69, 9.17) is 4.42 Å². The average Bonchev–Trinajstić information content (AvgIpc) is 2.38. The molecule has 20 heavy (non-hydrogen) atoms. The molecule has 0 aliphatic heterocycles. The van der Waals surface area contributed by atoms with Gasteiger partial charge in [0.15, 0.2) is 0 Å². The second kappa shape index (κ2) is 4.38. The zero-order chi connectivity index (χ0) is 14.3. The molecule has 0 atom stereocenters. The zero-order valence-corrected chi connectivity index (χ0v) is 10.6. The number of hydrogen-bond donors (Lipinski definition) is 2. The first-order valence-electron chi connectivity index (χ1n) is 6.02. The summed E-state index contributed by atoms with van der Waals surface area (Å²) >= 11 is 0. The summed E-state index contributed by atoms with van der Waals surface area (Å²) in [7, 11) is 0. The Morgan fingerprint density at radius 2 is 1.85 bits per heavy atom. The summed E-state index contributed by atoms with van der Waals surface area (Å²) in [4.78, 5) is 23.0. The van der Waals surface area contributed by atoms with Crippen molar-refractivity contribution in [1.29, 1.82) is 0 Å². The van der Waals surface area contributed by atoms with Crippen molar-refractivity contribution in [3.05, 3.63) is 46.8 Å². The molecule has 0 aliphatic carbocycles. The van der Waals surface area contributed by atoms with Crippen molar-refractivity contribution >= 4 is 33.3 Å². The number of nitrogens with one attached hydrogen (secondary N) is 1. The zero-order valence-electron chi connectivity index (χ0n) is 10.6. The third-order valence-corrected chi connectivity index (χ3v) is 3.02. The molecule has 5 heteroatoms. The molecule has 0 fully saturated rings. The van der Waals surface area contributed by atoms with E-state index in [1.807, 2.05) is 0 Å². The van der Waals surface area contributed by atoms with Crippen molar-refractivity contribution in [1.82, 2.24) is 0 Å². The maximum atomic E-state index is 12.0. The molecule has 0 saturated heterocycles. The van der Waals surface area contributed by atoms with Gasteiger partial charge in [0, 0.05) is 29.4 Å². The number of phenols is 1. The molecule has 0 aliphatic rings. The first-order chi connectivity index (χ1) is 9.54. The molecule has 0 bridgehead atoms. The van der Waals surface area contributed by atoms with Gasteiger partial charge >= 0.3 is 5.63 Å². The van der Waals surface area contributed by atoms with Gasteiger partial charge in [0.25, 0.3) is 0 Å². The molecule has 1 heterocycles. The maximum Gasteiger partial charge on any atom is 0.344 e. The van der Waals surface area contributed by atoms with Gasteiger partial charge in [-0.3, -0.25) is 4.79 Å². The lowest BCUT2D eigenvalue weighted by molar-refractivity contribution is -0.114. The van der Waals surface area contributed by atoms with Crippen molar-refractivity contribution < 1.29 is 14.3 Å². The van der Waals surface area contributed by atoms with Gasteiger partial charge in [-0.2, -0.15) is 0 Å². The minimum absolute atomic E-state index is 0.0369. The molecular weight excluding hydrogens is 258 g/mol. The number of aromatic hydroxyl groups is 1. The van der Waals surface area contributed by atoms with Crippen molar-refractivity contribution in [2.45, 2.75) is 6.92 Å². The van der Waals surface area contributed by atoms with E-state index in [0.717, 1.165) is 5.39 Å². The normalized spacial score (nSPS) is 10.8. The van der Waals surface area contributed by atoms with Gasteiger partial charge in [0.05, 0.1) is 5.39 Å². The van der Waals surface area contributed by atoms with Crippen LogP contribution < -0.4 is 10.9 Å². The summed E-state index contributed by atoms with van der Waals surface area (Å²) in [6, 6.07) is 9.66. The summed E-state index contributed by atoms with van der Waals surface area (Å²) in [5.41, 5.74) is 0.357. The van der Waals surface area contributed by atoms with Crippen molar-refractivity contribution in [3.8, 4) is 5.75 Å². The third-order valence-electron chi connectivity index (χ3n) is 3.02. The van der Waals surface area contributed by atoms with Gasteiger partial charge in [0.2, 0.25) is 5.91 Å². The standard InChI is InChI=1S/C15H11NO4/c1-8(17)16-9-2-4-11-12-5-3-10(18)7-14(12)20-15(19)13(11)6-9/h2-7,18H,1H3,(H,16,17). The molecule has 2 aromatic carbocycles. The topological polar surface area (TPSA) is 79.5 Å². The smallest absolute Gasteiger partial charge is 0.344 e. The van der Waals surface area contributed by atoms with Crippen LogP contribution in [0.5, 0.6) is 5.75 Å².